The Morgan fingerprint density at radius 1 is 0.787 bits per heavy atom. The fourth-order valence-corrected chi connectivity index (χ4v) is 6.40. The zero-order chi connectivity index (χ0) is 34.4. The quantitative estimate of drug-likeness (QED) is 0.192. The van der Waals surface area contributed by atoms with Gasteiger partial charge in [-0.1, -0.05) is 84.4 Å². The van der Waals surface area contributed by atoms with Crippen LogP contribution in [0.15, 0.2) is 114 Å². The number of aryl methyl sites for hydroxylation is 1. The Morgan fingerprint density at radius 3 is 1.91 bits per heavy atom. The molecule has 248 valence electrons. The predicted molar refractivity (Wildman–Crippen MR) is 176 cm³/mol. The molecule has 0 aromatic heterocycles. The van der Waals surface area contributed by atoms with Gasteiger partial charge in [-0.05, 0) is 69.2 Å². The summed E-state index contributed by atoms with van der Waals surface area (Å²) in [4.78, 5) is 29.5. The molecule has 4 aromatic rings. The van der Waals surface area contributed by atoms with Crippen molar-refractivity contribution in [1.82, 2.24) is 10.2 Å². The third-order valence-electron chi connectivity index (χ3n) is 7.31. The Labute approximate surface area is 274 Å². The summed E-state index contributed by atoms with van der Waals surface area (Å²) in [5, 5.41) is 2.94. The van der Waals surface area contributed by atoms with Crippen LogP contribution in [0, 0.1) is 6.92 Å². The fraction of sp³-hybridized carbons (Fsp3) is 0.278. The van der Waals surface area contributed by atoms with Gasteiger partial charge in [-0.3, -0.25) is 13.9 Å². The minimum absolute atomic E-state index is 0.0598. The van der Waals surface area contributed by atoms with Crippen LogP contribution in [0.5, 0.6) is 0 Å². The number of anilines is 1. The van der Waals surface area contributed by atoms with Gasteiger partial charge in [-0.15, -0.1) is 0 Å². The average molecular weight is 666 g/mol. The first-order valence-electron chi connectivity index (χ1n) is 15.0. The van der Waals surface area contributed by atoms with Gasteiger partial charge >= 0.3 is 6.18 Å². The first-order valence-corrected chi connectivity index (χ1v) is 16.4. The number of amides is 2. The molecule has 0 saturated heterocycles. The topological polar surface area (TPSA) is 86.8 Å². The molecule has 47 heavy (non-hydrogen) atoms. The van der Waals surface area contributed by atoms with Crippen molar-refractivity contribution in [2.75, 3.05) is 10.8 Å². The summed E-state index contributed by atoms with van der Waals surface area (Å²) in [6, 6.07) is 26.5. The van der Waals surface area contributed by atoms with Crippen LogP contribution in [-0.2, 0) is 38.8 Å². The van der Waals surface area contributed by atoms with Crippen molar-refractivity contribution in [1.29, 1.82) is 0 Å². The molecule has 1 N–H and O–H groups in total. The highest BCUT2D eigenvalue weighted by Crippen LogP contribution is 2.33. The lowest BCUT2D eigenvalue weighted by Crippen LogP contribution is -2.56. The van der Waals surface area contributed by atoms with E-state index in [-0.39, 0.29) is 23.5 Å². The fourth-order valence-electron chi connectivity index (χ4n) is 4.99. The number of benzene rings is 4. The molecule has 1 atom stereocenters. The number of nitrogens with zero attached hydrogens (tertiary/aromatic N) is 2. The molecule has 4 rings (SSSR count). The molecule has 11 heteroatoms. The molecular formula is C36H38F3N3O4S. The maximum absolute atomic E-state index is 14.5. The van der Waals surface area contributed by atoms with Gasteiger partial charge in [0.05, 0.1) is 16.1 Å². The molecule has 4 aromatic carbocycles. The molecular weight excluding hydrogens is 627 g/mol. The second-order valence-electron chi connectivity index (χ2n) is 12.3. The molecule has 0 heterocycles. The van der Waals surface area contributed by atoms with Gasteiger partial charge in [0.1, 0.15) is 12.6 Å². The molecule has 0 unspecified atom stereocenters. The predicted octanol–water partition coefficient (Wildman–Crippen LogP) is 6.76. The van der Waals surface area contributed by atoms with Crippen molar-refractivity contribution in [3.05, 3.63) is 131 Å². The van der Waals surface area contributed by atoms with Crippen LogP contribution in [0.2, 0.25) is 0 Å². The molecule has 0 spiro atoms. The average Bonchev–Trinajstić information content (AvgIpc) is 3.01. The normalized spacial score (nSPS) is 12.7. The van der Waals surface area contributed by atoms with Crippen molar-refractivity contribution in [2.45, 2.75) is 63.3 Å². The summed E-state index contributed by atoms with van der Waals surface area (Å²) in [5.41, 5.74) is 0.135. The van der Waals surface area contributed by atoms with Crippen molar-refractivity contribution in [3.63, 3.8) is 0 Å². The van der Waals surface area contributed by atoms with Crippen LogP contribution >= 0.6 is 0 Å². The van der Waals surface area contributed by atoms with Crippen LogP contribution in [0.4, 0.5) is 18.9 Å². The minimum Gasteiger partial charge on any atom is -0.350 e. The molecule has 7 nitrogen and oxygen atoms in total. The van der Waals surface area contributed by atoms with Crippen molar-refractivity contribution >= 4 is 27.5 Å². The van der Waals surface area contributed by atoms with E-state index in [1.165, 1.54) is 23.1 Å². The van der Waals surface area contributed by atoms with E-state index in [9.17, 15) is 31.2 Å². The molecule has 0 radical (unpaired) electrons. The van der Waals surface area contributed by atoms with Crippen molar-refractivity contribution in [3.8, 4) is 0 Å². The third-order valence-corrected chi connectivity index (χ3v) is 9.10. The zero-order valence-electron chi connectivity index (χ0n) is 26.7. The Morgan fingerprint density at radius 2 is 1.36 bits per heavy atom. The van der Waals surface area contributed by atoms with E-state index in [1.54, 1.807) is 82.3 Å². The van der Waals surface area contributed by atoms with Crippen LogP contribution < -0.4 is 9.62 Å². The highest BCUT2D eigenvalue weighted by atomic mass is 32.2. The second-order valence-corrected chi connectivity index (χ2v) is 14.2. The highest BCUT2D eigenvalue weighted by Gasteiger charge is 2.37. The van der Waals surface area contributed by atoms with Crippen LogP contribution in [-0.4, -0.2) is 43.3 Å². The smallest absolute Gasteiger partial charge is 0.350 e. The van der Waals surface area contributed by atoms with Crippen LogP contribution in [0.25, 0.3) is 0 Å². The molecule has 0 bridgehead atoms. The first kappa shape index (κ1) is 35.2. The van der Waals surface area contributed by atoms with Gasteiger partial charge in [-0.25, -0.2) is 8.42 Å². The summed E-state index contributed by atoms with van der Waals surface area (Å²) >= 11 is 0. The summed E-state index contributed by atoms with van der Waals surface area (Å²) < 4.78 is 70.2. The maximum atomic E-state index is 14.5. The van der Waals surface area contributed by atoms with Gasteiger partial charge < -0.3 is 10.2 Å². The van der Waals surface area contributed by atoms with Gasteiger partial charge in [0.15, 0.2) is 0 Å². The van der Waals surface area contributed by atoms with Crippen LogP contribution in [0.1, 0.15) is 43.0 Å². The molecule has 0 aliphatic rings. The molecule has 2 amide bonds. The third kappa shape index (κ3) is 9.45. The van der Waals surface area contributed by atoms with Crippen molar-refractivity contribution in [2.24, 2.45) is 0 Å². The van der Waals surface area contributed by atoms with E-state index in [2.05, 4.69) is 5.32 Å². The largest absolute Gasteiger partial charge is 0.416 e. The van der Waals surface area contributed by atoms with Crippen molar-refractivity contribution < 1.29 is 31.2 Å². The number of carbonyl (C=O) groups excluding carboxylic acids is 2. The molecule has 0 saturated carbocycles. The number of hydrogen-bond donors (Lipinski definition) is 1. The number of alkyl halides is 3. The van der Waals surface area contributed by atoms with E-state index >= 15 is 0 Å². The Balaban J connectivity index is 1.84. The maximum Gasteiger partial charge on any atom is 0.416 e. The number of nitrogens with one attached hydrogen (secondary N) is 1. The van der Waals surface area contributed by atoms with E-state index in [1.807, 2.05) is 18.2 Å². The number of hydrogen-bond acceptors (Lipinski definition) is 4. The highest BCUT2D eigenvalue weighted by molar-refractivity contribution is 7.92. The Kier molecular flexibility index (Phi) is 10.8. The van der Waals surface area contributed by atoms with Crippen LogP contribution in [0.3, 0.4) is 0 Å². The number of halogens is 3. The monoisotopic (exact) mass is 665 g/mol. The summed E-state index contributed by atoms with van der Waals surface area (Å²) in [6.07, 6.45) is -4.65. The second kappa shape index (κ2) is 14.4. The lowest BCUT2D eigenvalue weighted by Gasteiger charge is -2.35. The number of sulfonamides is 1. The van der Waals surface area contributed by atoms with Gasteiger partial charge in [0.25, 0.3) is 10.0 Å². The number of carbonyl (C=O) groups is 2. The summed E-state index contributed by atoms with van der Waals surface area (Å²) in [6.45, 7) is 6.25. The molecule has 0 fully saturated rings. The molecule has 0 aliphatic carbocycles. The summed E-state index contributed by atoms with van der Waals surface area (Å²) in [7, 11) is -4.55. The van der Waals surface area contributed by atoms with E-state index in [0.717, 1.165) is 23.3 Å². The van der Waals surface area contributed by atoms with E-state index < -0.39 is 51.7 Å². The minimum atomic E-state index is -4.76. The Hall–Kier alpha value is -4.64. The Bertz CT molecular complexity index is 1770. The summed E-state index contributed by atoms with van der Waals surface area (Å²) in [5.74, 6) is -1.23. The first-order chi connectivity index (χ1) is 22.0. The molecule has 0 aliphatic heterocycles. The van der Waals surface area contributed by atoms with E-state index in [4.69, 9.17) is 0 Å². The lowest BCUT2D eigenvalue weighted by molar-refractivity contribution is -0.140. The van der Waals surface area contributed by atoms with E-state index in [0.29, 0.717) is 15.9 Å². The van der Waals surface area contributed by atoms with Gasteiger partial charge in [-0.2, -0.15) is 13.2 Å². The standard InChI is InChI=1S/C36H38F3N3O4S/c1-26-18-20-31(21-19-26)47(45,46)42(30-17-11-16-29(23-30)36(37,38)39)25-33(43)41(24-28-14-9-6-10-15-28)32(34(44)40-35(2,3)4)22-27-12-7-5-8-13-27/h5-21,23,32H,22,24-25H2,1-4H3,(H,40,44)/t32-/m1/s1. The lowest BCUT2D eigenvalue weighted by atomic mass is 10.0. The number of rotatable bonds is 11. The van der Waals surface area contributed by atoms with Gasteiger partial charge in [0.2, 0.25) is 11.8 Å². The SMILES string of the molecule is Cc1ccc(S(=O)(=O)N(CC(=O)N(Cc2ccccc2)[C@H](Cc2ccccc2)C(=O)NC(C)(C)C)c2cccc(C(F)(F)F)c2)cc1. The van der Waals surface area contributed by atoms with Gasteiger partial charge in [0, 0.05) is 18.5 Å². The zero-order valence-corrected chi connectivity index (χ0v) is 27.5.